The predicted octanol–water partition coefficient (Wildman–Crippen LogP) is 0.767. The van der Waals surface area contributed by atoms with Crippen LogP contribution in [0.4, 0.5) is 4.79 Å². The molecule has 0 heterocycles. The van der Waals surface area contributed by atoms with Gasteiger partial charge in [0.15, 0.2) is 9.84 Å². The fourth-order valence-electron chi connectivity index (χ4n) is 1.35. The van der Waals surface area contributed by atoms with E-state index in [4.69, 9.17) is 6.42 Å². The van der Waals surface area contributed by atoms with Gasteiger partial charge in [0.25, 0.3) is 0 Å². The van der Waals surface area contributed by atoms with E-state index in [2.05, 4.69) is 16.6 Å². The van der Waals surface area contributed by atoms with Crippen LogP contribution in [0.5, 0.6) is 0 Å². The zero-order valence-electron chi connectivity index (χ0n) is 11.4. The Hall–Kier alpha value is -1.22. The van der Waals surface area contributed by atoms with E-state index in [1.807, 2.05) is 13.8 Å². The molecule has 0 spiro atoms. The minimum Gasteiger partial charge on any atom is -0.335 e. The van der Waals surface area contributed by atoms with E-state index in [9.17, 15) is 13.2 Å². The molecule has 18 heavy (non-hydrogen) atoms. The van der Waals surface area contributed by atoms with Crippen molar-refractivity contribution in [3.8, 4) is 12.3 Å². The summed E-state index contributed by atoms with van der Waals surface area (Å²) in [6.45, 7) is 7.02. The molecule has 0 aliphatic heterocycles. The second kappa shape index (κ2) is 7.27. The van der Waals surface area contributed by atoms with Gasteiger partial charge in [0, 0.05) is 11.8 Å². The van der Waals surface area contributed by atoms with Crippen LogP contribution in [-0.2, 0) is 9.84 Å². The van der Waals surface area contributed by atoms with Crippen molar-refractivity contribution >= 4 is 15.9 Å². The van der Waals surface area contributed by atoms with Crippen LogP contribution in [0.3, 0.4) is 0 Å². The quantitative estimate of drug-likeness (QED) is 0.702. The van der Waals surface area contributed by atoms with E-state index in [-0.39, 0.29) is 23.5 Å². The molecule has 104 valence electrons. The summed E-state index contributed by atoms with van der Waals surface area (Å²) in [6, 6.07) is -1.24. The maximum atomic E-state index is 11.6. The van der Waals surface area contributed by atoms with Gasteiger partial charge in [-0.1, -0.05) is 26.7 Å². The Labute approximate surface area is 110 Å². The fraction of sp³-hybridized carbons (Fsp3) is 0.750. The van der Waals surface area contributed by atoms with Gasteiger partial charge < -0.3 is 10.6 Å². The molecule has 2 N–H and O–H groups in total. The number of urea groups is 1. The van der Waals surface area contributed by atoms with Crippen molar-refractivity contribution in [1.82, 2.24) is 10.6 Å². The van der Waals surface area contributed by atoms with Crippen LogP contribution < -0.4 is 10.6 Å². The first-order valence-corrected chi connectivity index (χ1v) is 7.77. The normalized spacial score (nSPS) is 14.7. The Morgan fingerprint density at radius 3 is 2.22 bits per heavy atom. The lowest BCUT2D eigenvalue weighted by Crippen LogP contribution is -2.48. The van der Waals surface area contributed by atoms with Gasteiger partial charge in [-0.05, 0) is 12.8 Å². The van der Waals surface area contributed by atoms with Crippen molar-refractivity contribution in [2.75, 3.05) is 11.5 Å². The van der Waals surface area contributed by atoms with Crippen molar-refractivity contribution in [3.63, 3.8) is 0 Å². The van der Waals surface area contributed by atoms with Crippen LogP contribution in [0.25, 0.3) is 0 Å². The molecule has 0 saturated carbocycles. The summed E-state index contributed by atoms with van der Waals surface area (Å²) >= 11 is 0. The van der Waals surface area contributed by atoms with Crippen molar-refractivity contribution in [3.05, 3.63) is 0 Å². The summed E-state index contributed by atoms with van der Waals surface area (Å²) in [6.07, 6.45) is 5.29. The van der Waals surface area contributed by atoms with Crippen LogP contribution in [0.1, 0.15) is 27.7 Å². The lowest BCUT2D eigenvalue weighted by atomic mass is 10.1. The number of carbonyl (C=O) groups is 1. The zero-order valence-corrected chi connectivity index (χ0v) is 12.2. The average molecular weight is 274 g/mol. The smallest absolute Gasteiger partial charge is 0.316 e. The van der Waals surface area contributed by atoms with E-state index >= 15 is 0 Å². The second-order valence-corrected chi connectivity index (χ2v) is 7.00. The SMILES string of the molecule is C#C[C@@H](NC(=O)N[C@@H](C)CS(=O)(=O)CC)C(C)C. The van der Waals surface area contributed by atoms with Gasteiger partial charge in [0.2, 0.25) is 0 Å². The Morgan fingerprint density at radius 2 is 1.83 bits per heavy atom. The molecular formula is C12H22N2O3S. The third-order valence-corrected chi connectivity index (χ3v) is 4.34. The van der Waals surface area contributed by atoms with Gasteiger partial charge in [0.05, 0.1) is 11.8 Å². The van der Waals surface area contributed by atoms with Gasteiger partial charge in [-0.25, -0.2) is 13.2 Å². The van der Waals surface area contributed by atoms with Crippen molar-refractivity contribution in [1.29, 1.82) is 0 Å². The van der Waals surface area contributed by atoms with Crippen LogP contribution in [-0.4, -0.2) is 38.0 Å². The van der Waals surface area contributed by atoms with E-state index < -0.39 is 21.9 Å². The number of terminal acetylenes is 1. The molecule has 2 atom stereocenters. The fourth-order valence-corrected chi connectivity index (χ4v) is 2.43. The number of sulfone groups is 1. The van der Waals surface area contributed by atoms with Crippen LogP contribution >= 0.6 is 0 Å². The van der Waals surface area contributed by atoms with Crippen LogP contribution in [0.15, 0.2) is 0 Å². The number of carbonyl (C=O) groups excluding carboxylic acids is 1. The Balaban J connectivity index is 4.29. The topological polar surface area (TPSA) is 75.3 Å². The maximum Gasteiger partial charge on any atom is 0.316 e. The highest BCUT2D eigenvalue weighted by atomic mass is 32.2. The minimum atomic E-state index is -3.10. The molecule has 0 rings (SSSR count). The van der Waals surface area contributed by atoms with Gasteiger partial charge in [-0.3, -0.25) is 0 Å². The van der Waals surface area contributed by atoms with E-state index in [1.54, 1.807) is 13.8 Å². The first-order valence-electron chi connectivity index (χ1n) is 5.95. The number of hydrogen-bond donors (Lipinski definition) is 2. The number of hydrogen-bond acceptors (Lipinski definition) is 3. The third kappa shape index (κ3) is 6.50. The maximum absolute atomic E-state index is 11.6. The molecular weight excluding hydrogens is 252 g/mol. The molecule has 0 unspecified atom stereocenters. The van der Waals surface area contributed by atoms with E-state index in [0.29, 0.717) is 0 Å². The average Bonchev–Trinajstić information content (AvgIpc) is 2.24. The summed E-state index contributed by atoms with van der Waals surface area (Å²) in [5, 5.41) is 5.19. The number of amides is 2. The van der Waals surface area contributed by atoms with Crippen molar-refractivity contribution in [2.24, 2.45) is 5.92 Å². The molecule has 0 fully saturated rings. The Kier molecular flexibility index (Phi) is 6.77. The molecule has 0 aromatic rings. The lowest BCUT2D eigenvalue weighted by molar-refractivity contribution is 0.234. The summed E-state index contributed by atoms with van der Waals surface area (Å²) in [4.78, 5) is 11.6. The van der Waals surface area contributed by atoms with Crippen LogP contribution in [0.2, 0.25) is 0 Å². The largest absolute Gasteiger partial charge is 0.335 e. The number of rotatable bonds is 6. The molecule has 0 aromatic heterocycles. The highest BCUT2D eigenvalue weighted by Crippen LogP contribution is 2.00. The van der Waals surface area contributed by atoms with E-state index in [1.165, 1.54) is 0 Å². The molecule has 0 bridgehead atoms. The summed E-state index contributed by atoms with van der Waals surface area (Å²) in [5.41, 5.74) is 0. The van der Waals surface area contributed by atoms with Crippen molar-refractivity contribution < 1.29 is 13.2 Å². The summed E-state index contributed by atoms with van der Waals surface area (Å²) in [7, 11) is -3.10. The third-order valence-electron chi connectivity index (χ3n) is 2.45. The Bertz CT molecular complexity index is 410. The van der Waals surface area contributed by atoms with Crippen molar-refractivity contribution in [2.45, 2.75) is 39.8 Å². The summed E-state index contributed by atoms with van der Waals surface area (Å²) < 4.78 is 22.7. The molecule has 0 aliphatic rings. The highest BCUT2D eigenvalue weighted by Gasteiger charge is 2.18. The molecule has 0 aliphatic carbocycles. The van der Waals surface area contributed by atoms with E-state index in [0.717, 1.165) is 0 Å². The Morgan fingerprint density at radius 1 is 1.28 bits per heavy atom. The highest BCUT2D eigenvalue weighted by molar-refractivity contribution is 7.91. The van der Waals surface area contributed by atoms with Crippen LogP contribution in [0, 0.1) is 18.3 Å². The number of nitrogens with one attached hydrogen (secondary N) is 2. The molecule has 0 radical (unpaired) electrons. The zero-order chi connectivity index (χ0) is 14.3. The molecule has 2 amide bonds. The standard InChI is InChI=1S/C12H22N2O3S/c1-6-11(9(3)4)14-12(15)13-10(5)8-18(16,17)7-2/h1,9-11H,7-8H2,2-5H3,(H2,13,14,15)/t10-,11+/m0/s1. The first kappa shape index (κ1) is 16.8. The van der Waals surface area contributed by atoms with Gasteiger partial charge in [-0.2, -0.15) is 0 Å². The predicted molar refractivity (Wildman–Crippen MR) is 72.9 cm³/mol. The minimum absolute atomic E-state index is 0.0691. The molecule has 0 saturated heterocycles. The summed E-state index contributed by atoms with van der Waals surface area (Å²) in [5.74, 6) is 2.59. The molecule has 0 aromatic carbocycles. The first-order chi connectivity index (χ1) is 8.21. The monoisotopic (exact) mass is 274 g/mol. The van der Waals surface area contributed by atoms with Gasteiger partial charge in [0.1, 0.15) is 0 Å². The van der Waals surface area contributed by atoms with Gasteiger partial charge in [-0.15, -0.1) is 6.42 Å². The molecule has 6 heteroatoms. The van der Waals surface area contributed by atoms with Gasteiger partial charge >= 0.3 is 6.03 Å². The molecule has 5 nitrogen and oxygen atoms in total. The lowest BCUT2D eigenvalue weighted by Gasteiger charge is -2.19. The second-order valence-electron chi connectivity index (χ2n) is 4.61.